The standard InChI is InChI=1S/C10H12INO2S2/c1-3-14-10(13)12-7-4-5-8(11)9(6-7)16-15-2/h4-6H,3H2,1-2H3,(H,12,13). The summed E-state index contributed by atoms with van der Waals surface area (Å²) in [4.78, 5) is 12.4. The molecule has 0 saturated carbocycles. The Morgan fingerprint density at radius 2 is 2.31 bits per heavy atom. The molecule has 0 aliphatic heterocycles. The molecule has 1 rings (SSSR count). The van der Waals surface area contributed by atoms with Gasteiger partial charge in [0.1, 0.15) is 0 Å². The first kappa shape index (κ1) is 14.0. The molecule has 0 aromatic heterocycles. The fraction of sp³-hybridized carbons (Fsp3) is 0.300. The largest absolute Gasteiger partial charge is 0.450 e. The van der Waals surface area contributed by atoms with Crippen LogP contribution in [0.2, 0.25) is 0 Å². The number of hydrogen-bond acceptors (Lipinski definition) is 4. The summed E-state index contributed by atoms with van der Waals surface area (Å²) in [6, 6.07) is 5.78. The Bertz CT molecular complexity index is 374. The van der Waals surface area contributed by atoms with E-state index in [0.717, 1.165) is 10.6 Å². The summed E-state index contributed by atoms with van der Waals surface area (Å²) in [5.41, 5.74) is 0.760. The minimum Gasteiger partial charge on any atom is -0.450 e. The molecule has 0 unspecified atom stereocenters. The summed E-state index contributed by atoms with van der Waals surface area (Å²) in [6.45, 7) is 2.16. The quantitative estimate of drug-likeness (QED) is 0.637. The van der Waals surface area contributed by atoms with Crippen LogP contribution in [0, 0.1) is 3.57 Å². The molecule has 3 nitrogen and oxygen atoms in total. The van der Waals surface area contributed by atoms with E-state index in [4.69, 9.17) is 4.74 Å². The maximum Gasteiger partial charge on any atom is 0.411 e. The van der Waals surface area contributed by atoms with Crippen molar-refractivity contribution in [2.45, 2.75) is 11.8 Å². The Morgan fingerprint density at radius 1 is 1.56 bits per heavy atom. The molecule has 1 aromatic carbocycles. The molecule has 0 heterocycles. The Labute approximate surface area is 117 Å². The Balaban J connectivity index is 2.74. The van der Waals surface area contributed by atoms with E-state index in [0.29, 0.717) is 6.61 Å². The molecular formula is C10H12INO2S2. The maximum atomic E-state index is 11.2. The highest BCUT2D eigenvalue weighted by Gasteiger charge is 2.05. The molecule has 0 radical (unpaired) electrons. The van der Waals surface area contributed by atoms with E-state index < -0.39 is 6.09 Å². The van der Waals surface area contributed by atoms with Crippen molar-refractivity contribution in [2.24, 2.45) is 0 Å². The number of rotatable bonds is 4. The number of benzene rings is 1. The molecule has 0 saturated heterocycles. The SMILES string of the molecule is CCOC(=O)Nc1ccc(I)c(SSC)c1. The van der Waals surface area contributed by atoms with Crippen LogP contribution < -0.4 is 5.32 Å². The lowest BCUT2D eigenvalue weighted by Gasteiger charge is -2.07. The van der Waals surface area contributed by atoms with E-state index in [1.165, 1.54) is 3.57 Å². The number of nitrogens with one attached hydrogen (secondary N) is 1. The summed E-state index contributed by atoms with van der Waals surface area (Å²) in [6.07, 6.45) is 1.61. The molecule has 6 heteroatoms. The van der Waals surface area contributed by atoms with Gasteiger partial charge in [-0.25, -0.2) is 4.79 Å². The third-order valence-corrected chi connectivity index (χ3v) is 4.66. The molecule has 0 aliphatic carbocycles. The van der Waals surface area contributed by atoms with Crippen molar-refractivity contribution in [2.75, 3.05) is 18.2 Å². The number of halogens is 1. The van der Waals surface area contributed by atoms with Crippen molar-refractivity contribution in [3.63, 3.8) is 0 Å². The van der Waals surface area contributed by atoms with E-state index in [2.05, 4.69) is 27.9 Å². The number of anilines is 1. The fourth-order valence-electron chi connectivity index (χ4n) is 1.02. The summed E-state index contributed by atoms with van der Waals surface area (Å²) >= 11 is 2.27. The second-order valence-electron chi connectivity index (χ2n) is 2.74. The monoisotopic (exact) mass is 369 g/mol. The molecule has 16 heavy (non-hydrogen) atoms. The molecule has 0 bridgehead atoms. The molecule has 1 aromatic rings. The second kappa shape index (κ2) is 7.29. The zero-order valence-corrected chi connectivity index (χ0v) is 12.7. The van der Waals surface area contributed by atoms with Crippen LogP contribution in [0.5, 0.6) is 0 Å². The van der Waals surface area contributed by atoms with E-state index in [1.807, 2.05) is 24.5 Å². The number of hydrogen-bond donors (Lipinski definition) is 1. The predicted octanol–water partition coefficient (Wildman–Crippen LogP) is 4.23. The molecule has 88 valence electrons. The van der Waals surface area contributed by atoms with E-state index >= 15 is 0 Å². The highest BCUT2D eigenvalue weighted by atomic mass is 127. The number of amides is 1. The zero-order chi connectivity index (χ0) is 12.0. The van der Waals surface area contributed by atoms with Gasteiger partial charge in [0.2, 0.25) is 0 Å². The molecule has 0 fully saturated rings. The average molecular weight is 369 g/mol. The number of ether oxygens (including phenoxy) is 1. The summed E-state index contributed by atoms with van der Waals surface area (Å²) in [7, 11) is 3.35. The van der Waals surface area contributed by atoms with Gasteiger partial charge in [0.05, 0.1) is 6.61 Å². The minimum absolute atomic E-state index is 0.378. The van der Waals surface area contributed by atoms with Crippen LogP contribution in [0.1, 0.15) is 6.92 Å². The normalized spacial score (nSPS) is 9.94. The topological polar surface area (TPSA) is 38.3 Å². The summed E-state index contributed by atoms with van der Waals surface area (Å²) in [5, 5.41) is 2.68. The molecule has 0 atom stereocenters. The summed E-state index contributed by atoms with van der Waals surface area (Å²) < 4.78 is 5.98. The average Bonchev–Trinajstić information content (AvgIpc) is 2.24. The fourth-order valence-corrected chi connectivity index (χ4v) is 3.59. The van der Waals surface area contributed by atoms with Crippen LogP contribution in [0.4, 0.5) is 10.5 Å². The Morgan fingerprint density at radius 3 is 2.94 bits per heavy atom. The van der Waals surface area contributed by atoms with Gasteiger partial charge in [-0.3, -0.25) is 5.32 Å². The highest BCUT2D eigenvalue weighted by Crippen LogP contribution is 2.34. The molecule has 1 N–H and O–H groups in total. The summed E-state index contributed by atoms with van der Waals surface area (Å²) in [5.74, 6) is 0. The first-order chi connectivity index (χ1) is 7.67. The number of carbonyl (C=O) groups excluding carboxylic acids is 1. The van der Waals surface area contributed by atoms with Crippen molar-refractivity contribution in [1.29, 1.82) is 0 Å². The molecule has 0 spiro atoms. The van der Waals surface area contributed by atoms with Crippen molar-refractivity contribution < 1.29 is 9.53 Å². The van der Waals surface area contributed by atoms with E-state index in [9.17, 15) is 4.79 Å². The predicted molar refractivity (Wildman–Crippen MR) is 79.2 cm³/mol. The van der Waals surface area contributed by atoms with Gasteiger partial charge < -0.3 is 4.74 Å². The van der Waals surface area contributed by atoms with Gasteiger partial charge in [-0.2, -0.15) is 0 Å². The van der Waals surface area contributed by atoms with Crippen molar-refractivity contribution in [1.82, 2.24) is 0 Å². The van der Waals surface area contributed by atoms with Gasteiger partial charge in [0, 0.05) is 14.2 Å². The smallest absolute Gasteiger partial charge is 0.411 e. The third kappa shape index (κ3) is 4.42. The lowest BCUT2D eigenvalue weighted by molar-refractivity contribution is 0.168. The van der Waals surface area contributed by atoms with Crippen LogP contribution in [-0.2, 0) is 4.74 Å². The molecule has 0 aliphatic rings. The van der Waals surface area contributed by atoms with Crippen molar-refractivity contribution >= 4 is 56.0 Å². The van der Waals surface area contributed by atoms with Crippen LogP contribution in [0.15, 0.2) is 23.1 Å². The van der Waals surface area contributed by atoms with Gasteiger partial charge in [-0.05, 0) is 54.0 Å². The van der Waals surface area contributed by atoms with Gasteiger partial charge in [0.15, 0.2) is 0 Å². The molecule has 1 amide bonds. The van der Waals surface area contributed by atoms with Gasteiger partial charge in [0.25, 0.3) is 0 Å². The van der Waals surface area contributed by atoms with Crippen LogP contribution in [-0.4, -0.2) is 19.0 Å². The third-order valence-electron chi connectivity index (χ3n) is 1.63. The number of carbonyl (C=O) groups is 1. The lowest BCUT2D eigenvalue weighted by atomic mass is 10.3. The lowest BCUT2D eigenvalue weighted by Crippen LogP contribution is -2.13. The first-order valence-corrected chi connectivity index (χ1v) is 8.25. The van der Waals surface area contributed by atoms with E-state index in [1.54, 1.807) is 28.5 Å². The van der Waals surface area contributed by atoms with Crippen LogP contribution in [0.25, 0.3) is 0 Å². The Kier molecular flexibility index (Phi) is 6.37. The minimum atomic E-state index is -0.413. The van der Waals surface area contributed by atoms with E-state index in [-0.39, 0.29) is 0 Å². The van der Waals surface area contributed by atoms with Crippen molar-refractivity contribution in [3.8, 4) is 0 Å². The second-order valence-corrected chi connectivity index (χ2v) is 6.34. The van der Waals surface area contributed by atoms with Crippen LogP contribution in [0.3, 0.4) is 0 Å². The van der Waals surface area contributed by atoms with Gasteiger partial charge in [-0.15, -0.1) is 0 Å². The highest BCUT2D eigenvalue weighted by molar-refractivity contribution is 14.1. The maximum absolute atomic E-state index is 11.2. The Hall–Kier alpha value is -0.0800. The first-order valence-electron chi connectivity index (χ1n) is 4.61. The van der Waals surface area contributed by atoms with Gasteiger partial charge in [-0.1, -0.05) is 21.6 Å². The zero-order valence-electron chi connectivity index (χ0n) is 8.95. The van der Waals surface area contributed by atoms with Crippen LogP contribution >= 0.6 is 44.2 Å². The van der Waals surface area contributed by atoms with Gasteiger partial charge >= 0.3 is 6.09 Å². The molecular weight excluding hydrogens is 357 g/mol. The van der Waals surface area contributed by atoms with Crippen molar-refractivity contribution in [3.05, 3.63) is 21.8 Å².